The third-order valence-corrected chi connectivity index (χ3v) is 3.11. The SMILES string of the molecule is Cn1nccc1CCC(Cc1cccnc1)NN. The minimum Gasteiger partial charge on any atom is -0.273 e. The van der Waals surface area contributed by atoms with Crippen LogP contribution in [-0.4, -0.2) is 20.8 Å². The summed E-state index contributed by atoms with van der Waals surface area (Å²) in [6.07, 6.45) is 8.32. The normalized spacial score (nSPS) is 12.6. The molecule has 3 N–H and O–H groups in total. The van der Waals surface area contributed by atoms with Crippen molar-refractivity contribution in [2.45, 2.75) is 25.3 Å². The summed E-state index contributed by atoms with van der Waals surface area (Å²) in [5.74, 6) is 5.61. The van der Waals surface area contributed by atoms with Gasteiger partial charge in [0.15, 0.2) is 0 Å². The number of hydrazine groups is 1. The maximum absolute atomic E-state index is 5.61. The fourth-order valence-electron chi connectivity index (χ4n) is 2.02. The number of nitrogens with one attached hydrogen (secondary N) is 1. The molecule has 5 heteroatoms. The van der Waals surface area contributed by atoms with Crippen LogP contribution < -0.4 is 11.3 Å². The zero-order valence-electron chi connectivity index (χ0n) is 10.6. The lowest BCUT2D eigenvalue weighted by molar-refractivity contribution is 0.483. The lowest BCUT2D eigenvalue weighted by Gasteiger charge is -2.15. The van der Waals surface area contributed by atoms with Crippen molar-refractivity contribution in [1.29, 1.82) is 0 Å². The second-order valence-electron chi connectivity index (χ2n) is 4.41. The van der Waals surface area contributed by atoms with Gasteiger partial charge >= 0.3 is 0 Å². The van der Waals surface area contributed by atoms with Crippen LogP contribution in [0.3, 0.4) is 0 Å². The molecule has 0 saturated carbocycles. The average Bonchev–Trinajstić information content (AvgIpc) is 2.81. The predicted molar refractivity (Wildman–Crippen MR) is 70.6 cm³/mol. The Bertz CT molecular complexity index is 465. The second kappa shape index (κ2) is 6.28. The molecule has 0 amide bonds. The fourth-order valence-corrected chi connectivity index (χ4v) is 2.02. The minimum atomic E-state index is 0.254. The van der Waals surface area contributed by atoms with Gasteiger partial charge in [0.25, 0.3) is 0 Å². The molecule has 0 aliphatic carbocycles. The second-order valence-corrected chi connectivity index (χ2v) is 4.41. The number of rotatable bonds is 6. The number of hydrogen-bond acceptors (Lipinski definition) is 4. The summed E-state index contributed by atoms with van der Waals surface area (Å²) in [5.41, 5.74) is 5.30. The van der Waals surface area contributed by atoms with Crippen molar-refractivity contribution in [1.82, 2.24) is 20.2 Å². The van der Waals surface area contributed by atoms with Crippen LogP contribution in [0, 0.1) is 0 Å². The summed E-state index contributed by atoms with van der Waals surface area (Å²) in [4.78, 5) is 4.11. The van der Waals surface area contributed by atoms with E-state index in [0.717, 1.165) is 19.3 Å². The van der Waals surface area contributed by atoms with Gasteiger partial charge in [-0.3, -0.25) is 20.9 Å². The van der Waals surface area contributed by atoms with Gasteiger partial charge in [-0.15, -0.1) is 0 Å². The van der Waals surface area contributed by atoms with Crippen molar-refractivity contribution >= 4 is 0 Å². The van der Waals surface area contributed by atoms with Gasteiger partial charge in [0.2, 0.25) is 0 Å². The third-order valence-electron chi connectivity index (χ3n) is 3.11. The summed E-state index contributed by atoms with van der Waals surface area (Å²) in [5, 5.41) is 4.16. The first kappa shape index (κ1) is 12.7. The van der Waals surface area contributed by atoms with E-state index in [-0.39, 0.29) is 6.04 Å². The quantitative estimate of drug-likeness (QED) is 0.584. The summed E-state index contributed by atoms with van der Waals surface area (Å²) >= 11 is 0. The van der Waals surface area contributed by atoms with Crippen LogP contribution >= 0.6 is 0 Å². The average molecular weight is 245 g/mol. The number of aromatic nitrogens is 3. The summed E-state index contributed by atoms with van der Waals surface area (Å²) in [6.45, 7) is 0. The Balaban J connectivity index is 1.88. The lowest BCUT2D eigenvalue weighted by Crippen LogP contribution is -2.37. The molecule has 2 rings (SSSR count). The molecule has 2 aromatic rings. The maximum atomic E-state index is 5.61. The van der Waals surface area contributed by atoms with Gasteiger partial charge in [-0.05, 0) is 37.0 Å². The van der Waals surface area contributed by atoms with Crippen molar-refractivity contribution in [2.75, 3.05) is 0 Å². The van der Waals surface area contributed by atoms with Gasteiger partial charge < -0.3 is 0 Å². The maximum Gasteiger partial charge on any atom is 0.0492 e. The molecule has 2 aromatic heterocycles. The van der Waals surface area contributed by atoms with E-state index in [1.165, 1.54) is 11.3 Å². The smallest absolute Gasteiger partial charge is 0.0492 e. The van der Waals surface area contributed by atoms with Crippen LogP contribution in [0.25, 0.3) is 0 Å². The molecule has 5 nitrogen and oxygen atoms in total. The van der Waals surface area contributed by atoms with E-state index < -0.39 is 0 Å². The zero-order chi connectivity index (χ0) is 12.8. The highest BCUT2D eigenvalue weighted by Crippen LogP contribution is 2.08. The van der Waals surface area contributed by atoms with E-state index in [1.807, 2.05) is 36.3 Å². The first-order chi connectivity index (χ1) is 8.79. The molecule has 1 atom stereocenters. The standard InChI is InChI=1S/C13H19N5/c1-18-13(6-8-16-18)5-4-12(17-14)9-11-3-2-7-15-10-11/h2-3,6-8,10,12,17H,4-5,9,14H2,1H3. The number of hydrogen-bond donors (Lipinski definition) is 2. The molecule has 1 unspecified atom stereocenters. The Morgan fingerprint density at radius 1 is 1.39 bits per heavy atom. The number of nitrogens with two attached hydrogens (primary N) is 1. The van der Waals surface area contributed by atoms with Gasteiger partial charge in [0.05, 0.1) is 0 Å². The predicted octanol–water partition coefficient (Wildman–Crippen LogP) is 0.822. The molecule has 0 aliphatic rings. The van der Waals surface area contributed by atoms with E-state index in [9.17, 15) is 0 Å². The van der Waals surface area contributed by atoms with Crippen molar-refractivity contribution in [3.05, 3.63) is 48.0 Å². The van der Waals surface area contributed by atoms with Crippen LogP contribution in [0.2, 0.25) is 0 Å². The van der Waals surface area contributed by atoms with Crippen molar-refractivity contribution in [2.24, 2.45) is 12.9 Å². The summed E-state index contributed by atoms with van der Waals surface area (Å²) < 4.78 is 1.90. The van der Waals surface area contributed by atoms with Gasteiger partial charge in [0, 0.05) is 37.4 Å². The van der Waals surface area contributed by atoms with Crippen LogP contribution in [0.4, 0.5) is 0 Å². The Kier molecular flexibility index (Phi) is 4.44. The highest BCUT2D eigenvalue weighted by Gasteiger charge is 2.09. The molecule has 0 fully saturated rings. The van der Waals surface area contributed by atoms with Crippen LogP contribution in [0.15, 0.2) is 36.8 Å². The number of aryl methyl sites for hydroxylation is 2. The minimum absolute atomic E-state index is 0.254. The first-order valence-corrected chi connectivity index (χ1v) is 6.11. The summed E-state index contributed by atoms with van der Waals surface area (Å²) in [7, 11) is 1.96. The highest BCUT2D eigenvalue weighted by molar-refractivity contribution is 5.10. The molecule has 0 radical (unpaired) electrons. The van der Waals surface area contributed by atoms with E-state index in [1.54, 1.807) is 6.20 Å². The molecule has 0 aliphatic heterocycles. The summed E-state index contributed by atoms with van der Waals surface area (Å²) in [6, 6.07) is 6.31. The Hall–Kier alpha value is -1.72. The topological polar surface area (TPSA) is 68.8 Å². The molecule has 0 spiro atoms. The van der Waals surface area contributed by atoms with Crippen LogP contribution in [0.1, 0.15) is 17.7 Å². The Morgan fingerprint density at radius 3 is 2.89 bits per heavy atom. The molecule has 0 bridgehead atoms. The third kappa shape index (κ3) is 3.38. The van der Waals surface area contributed by atoms with Crippen molar-refractivity contribution in [3.8, 4) is 0 Å². The zero-order valence-corrected chi connectivity index (χ0v) is 10.6. The van der Waals surface area contributed by atoms with Crippen LogP contribution in [-0.2, 0) is 19.9 Å². The van der Waals surface area contributed by atoms with Gasteiger partial charge in [0.1, 0.15) is 0 Å². The molecule has 18 heavy (non-hydrogen) atoms. The van der Waals surface area contributed by atoms with Gasteiger partial charge in [-0.25, -0.2) is 0 Å². The first-order valence-electron chi connectivity index (χ1n) is 6.11. The van der Waals surface area contributed by atoms with E-state index in [4.69, 9.17) is 5.84 Å². The van der Waals surface area contributed by atoms with E-state index in [0.29, 0.717) is 0 Å². The van der Waals surface area contributed by atoms with Crippen molar-refractivity contribution in [3.63, 3.8) is 0 Å². The Morgan fingerprint density at radius 2 is 2.28 bits per heavy atom. The van der Waals surface area contributed by atoms with Gasteiger partial charge in [-0.2, -0.15) is 5.10 Å². The molecular weight excluding hydrogens is 226 g/mol. The van der Waals surface area contributed by atoms with Gasteiger partial charge in [-0.1, -0.05) is 6.07 Å². The molecule has 96 valence electrons. The van der Waals surface area contributed by atoms with Crippen LogP contribution in [0.5, 0.6) is 0 Å². The Labute approximate surface area is 107 Å². The molecule has 0 saturated heterocycles. The monoisotopic (exact) mass is 245 g/mol. The highest BCUT2D eigenvalue weighted by atomic mass is 15.3. The number of pyridine rings is 1. The molecule has 2 heterocycles. The van der Waals surface area contributed by atoms with E-state index >= 15 is 0 Å². The van der Waals surface area contributed by atoms with Crippen molar-refractivity contribution < 1.29 is 0 Å². The fraction of sp³-hybridized carbons (Fsp3) is 0.385. The number of nitrogens with zero attached hydrogens (tertiary/aromatic N) is 3. The largest absolute Gasteiger partial charge is 0.273 e. The molecular formula is C13H19N5. The van der Waals surface area contributed by atoms with E-state index in [2.05, 4.69) is 21.6 Å². The molecule has 0 aromatic carbocycles. The lowest BCUT2D eigenvalue weighted by atomic mass is 10.0.